The van der Waals surface area contributed by atoms with Gasteiger partial charge in [-0.15, -0.1) is 4.90 Å². The van der Waals surface area contributed by atoms with Crippen LogP contribution < -0.4 is 5.32 Å². The number of anilines is 1. The lowest BCUT2D eigenvalue weighted by Crippen LogP contribution is -2.51. The molecule has 2 heterocycles. The van der Waals surface area contributed by atoms with E-state index >= 15 is 4.39 Å². The summed E-state index contributed by atoms with van der Waals surface area (Å²) in [5.74, 6) is -1.17. The molecule has 3 rings (SSSR count). The number of amidine groups is 1. The van der Waals surface area contributed by atoms with Crippen molar-refractivity contribution in [2.75, 3.05) is 5.32 Å². The van der Waals surface area contributed by atoms with Crippen molar-refractivity contribution in [2.45, 2.75) is 91.6 Å². The zero-order valence-corrected chi connectivity index (χ0v) is 25.3. The third-order valence-corrected chi connectivity index (χ3v) is 5.90. The Bertz CT molecular complexity index is 1440. The van der Waals surface area contributed by atoms with Crippen LogP contribution in [-0.2, 0) is 19.7 Å². The second kappa shape index (κ2) is 11.8. The molecule has 11 nitrogen and oxygen atoms in total. The molecule has 1 aliphatic heterocycles. The molecule has 2 atom stereocenters. The van der Waals surface area contributed by atoms with E-state index < -0.39 is 52.8 Å². The van der Waals surface area contributed by atoms with Gasteiger partial charge in [-0.3, -0.25) is 4.79 Å². The Labute approximate surface area is 244 Å². The van der Waals surface area contributed by atoms with E-state index in [-0.39, 0.29) is 23.4 Å². The summed E-state index contributed by atoms with van der Waals surface area (Å²) in [5, 5.41) is 11.8. The SMILES string of the molecule is Cc1cc(C#N)cnc1C(=O)Nc1ccc(F)c([C@]2(C)C[C@@H](C)OC(N(C(=O)OC(C)(C)C)C(=O)OC(C)(C)C)=N2)c1. The first-order valence-electron chi connectivity index (χ1n) is 13.3. The number of halogens is 1. The van der Waals surface area contributed by atoms with Gasteiger partial charge in [-0.25, -0.2) is 24.0 Å². The van der Waals surface area contributed by atoms with Crippen molar-refractivity contribution in [3.8, 4) is 6.07 Å². The smallest absolute Gasteiger partial charge is 0.428 e. The number of hydrogen-bond acceptors (Lipinski definition) is 9. The minimum Gasteiger partial charge on any atom is -0.461 e. The summed E-state index contributed by atoms with van der Waals surface area (Å²) in [6.45, 7) is 14.8. The molecule has 0 saturated heterocycles. The number of nitrogens with zero attached hydrogens (tertiary/aromatic N) is 4. The van der Waals surface area contributed by atoms with Gasteiger partial charge in [0, 0.05) is 23.9 Å². The van der Waals surface area contributed by atoms with Crippen molar-refractivity contribution in [2.24, 2.45) is 4.99 Å². The van der Waals surface area contributed by atoms with Gasteiger partial charge in [0.15, 0.2) is 0 Å². The first-order chi connectivity index (χ1) is 19.3. The molecule has 0 spiro atoms. The molecule has 3 amide bonds. The number of aryl methyl sites for hydroxylation is 1. The number of nitrogens with one attached hydrogen (secondary N) is 1. The van der Waals surface area contributed by atoms with Crippen LogP contribution in [0.4, 0.5) is 19.7 Å². The highest BCUT2D eigenvalue weighted by molar-refractivity contribution is 6.06. The van der Waals surface area contributed by atoms with Crippen molar-refractivity contribution in [1.82, 2.24) is 9.88 Å². The van der Waals surface area contributed by atoms with Crippen LogP contribution in [0.1, 0.15) is 89.0 Å². The van der Waals surface area contributed by atoms with Gasteiger partial charge in [0.25, 0.3) is 5.91 Å². The number of aliphatic imine (C=N–C) groups is 1. The zero-order valence-electron chi connectivity index (χ0n) is 25.3. The Morgan fingerprint density at radius 3 is 2.24 bits per heavy atom. The Balaban J connectivity index is 2.03. The third-order valence-electron chi connectivity index (χ3n) is 5.90. The maximum atomic E-state index is 15.4. The van der Waals surface area contributed by atoms with Crippen molar-refractivity contribution >= 4 is 29.8 Å². The number of carbonyl (C=O) groups excluding carboxylic acids is 3. The molecule has 1 N–H and O–H groups in total. The summed E-state index contributed by atoms with van der Waals surface area (Å²) in [7, 11) is 0. The monoisotopic (exact) mass is 581 g/mol. The number of rotatable bonds is 3. The molecule has 1 aliphatic rings. The maximum Gasteiger partial charge on any atom is 0.428 e. The Morgan fingerprint density at radius 2 is 1.71 bits per heavy atom. The van der Waals surface area contributed by atoms with Crippen LogP contribution in [0.25, 0.3) is 0 Å². The Kier molecular flexibility index (Phi) is 8.96. The predicted molar refractivity (Wildman–Crippen MR) is 152 cm³/mol. The topological polar surface area (TPSA) is 143 Å². The van der Waals surface area contributed by atoms with Gasteiger partial charge in [0.05, 0.1) is 11.1 Å². The van der Waals surface area contributed by atoms with Crippen molar-refractivity contribution in [1.29, 1.82) is 5.26 Å². The van der Waals surface area contributed by atoms with E-state index in [2.05, 4.69) is 15.3 Å². The molecule has 0 aliphatic carbocycles. The number of nitriles is 1. The van der Waals surface area contributed by atoms with Crippen molar-refractivity contribution < 1.29 is 33.0 Å². The third kappa shape index (κ3) is 7.81. The molecule has 0 unspecified atom stereocenters. The summed E-state index contributed by atoms with van der Waals surface area (Å²) in [6.07, 6.45) is -1.28. The Morgan fingerprint density at radius 1 is 1.12 bits per heavy atom. The fourth-order valence-corrected chi connectivity index (χ4v) is 4.26. The van der Waals surface area contributed by atoms with Crippen LogP contribution in [-0.4, -0.2) is 51.3 Å². The van der Waals surface area contributed by atoms with E-state index in [0.29, 0.717) is 16.0 Å². The van der Waals surface area contributed by atoms with Crippen LogP contribution >= 0.6 is 0 Å². The molecule has 12 heteroatoms. The van der Waals surface area contributed by atoms with Crippen molar-refractivity contribution in [3.05, 3.63) is 58.7 Å². The van der Waals surface area contributed by atoms with E-state index in [1.807, 2.05) is 6.07 Å². The number of carbonyl (C=O) groups is 3. The minimum absolute atomic E-state index is 0.0887. The summed E-state index contributed by atoms with van der Waals surface area (Å²) in [5.41, 5.74) is -1.97. The van der Waals surface area contributed by atoms with E-state index in [9.17, 15) is 14.4 Å². The molecule has 2 aromatic rings. The van der Waals surface area contributed by atoms with Crippen LogP contribution in [0.5, 0.6) is 0 Å². The number of ether oxygens (including phenoxy) is 3. The molecular formula is C30H36FN5O6. The lowest BCUT2D eigenvalue weighted by molar-refractivity contribution is 0.00509. The van der Waals surface area contributed by atoms with Crippen LogP contribution in [0, 0.1) is 24.1 Å². The van der Waals surface area contributed by atoms with Crippen LogP contribution in [0.2, 0.25) is 0 Å². The quantitative estimate of drug-likeness (QED) is 0.451. The van der Waals surface area contributed by atoms with E-state index in [1.165, 1.54) is 24.4 Å². The molecule has 42 heavy (non-hydrogen) atoms. The molecule has 0 radical (unpaired) electrons. The average Bonchev–Trinajstić information content (AvgIpc) is 2.82. The van der Waals surface area contributed by atoms with Gasteiger partial charge in [0.1, 0.15) is 34.9 Å². The summed E-state index contributed by atoms with van der Waals surface area (Å²) >= 11 is 0. The summed E-state index contributed by atoms with van der Waals surface area (Å²) < 4.78 is 32.0. The number of hydrogen-bond donors (Lipinski definition) is 1. The van der Waals surface area contributed by atoms with E-state index in [4.69, 9.17) is 19.5 Å². The largest absolute Gasteiger partial charge is 0.461 e. The molecule has 1 aromatic heterocycles. The molecule has 0 fully saturated rings. The zero-order chi connectivity index (χ0) is 31.6. The van der Waals surface area contributed by atoms with Gasteiger partial charge >= 0.3 is 18.2 Å². The van der Waals surface area contributed by atoms with Gasteiger partial charge in [0.2, 0.25) is 0 Å². The number of aromatic nitrogens is 1. The maximum absolute atomic E-state index is 15.4. The Hall–Kier alpha value is -4.53. The molecule has 0 saturated carbocycles. The van der Waals surface area contributed by atoms with Gasteiger partial charge in [-0.2, -0.15) is 5.26 Å². The van der Waals surface area contributed by atoms with Crippen molar-refractivity contribution in [3.63, 3.8) is 0 Å². The second-order valence-corrected chi connectivity index (χ2v) is 12.2. The highest BCUT2D eigenvalue weighted by Gasteiger charge is 2.43. The normalized spacial score (nSPS) is 18.6. The fraction of sp³-hybridized carbons (Fsp3) is 0.467. The minimum atomic E-state index is -1.33. The van der Waals surface area contributed by atoms with Crippen LogP contribution in [0.3, 0.4) is 0 Å². The average molecular weight is 582 g/mol. The molecular weight excluding hydrogens is 545 g/mol. The highest BCUT2D eigenvalue weighted by Crippen LogP contribution is 2.38. The predicted octanol–water partition coefficient (Wildman–Crippen LogP) is 6.21. The fourth-order valence-electron chi connectivity index (χ4n) is 4.26. The van der Waals surface area contributed by atoms with Gasteiger partial charge < -0.3 is 19.5 Å². The second-order valence-electron chi connectivity index (χ2n) is 12.2. The summed E-state index contributed by atoms with van der Waals surface area (Å²) in [4.78, 5) is 48.5. The number of benzene rings is 1. The lowest BCUT2D eigenvalue weighted by Gasteiger charge is -2.37. The number of pyridine rings is 1. The summed E-state index contributed by atoms with van der Waals surface area (Å²) in [6, 6.07) is 7.10. The number of imide groups is 1. The van der Waals surface area contributed by atoms with E-state index in [1.54, 1.807) is 68.4 Å². The van der Waals surface area contributed by atoms with E-state index in [0.717, 1.165) is 0 Å². The first-order valence-corrected chi connectivity index (χ1v) is 13.3. The molecule has 0 bridgehead atoms. The van der Waals surface area contributed by atoms with Gasteiger partial charge in [-0.1, -0.05) is 0 Å². The molecule has 224 valence electrons. The standard InChI is InChI=1S/C30H36FN5O6/c1-17-12-19(15-32)16-33-23(17)24(37)34-20-10-11-22(31)21(13-20)30(9)14-18(2)40-25(35-30)36(26(38)41-28(3,4)5)27(39)42-29(6,7)8/h10-13,16,18H,14H2,1-9H3,(H,34,37)/t18-,30+/m1/s1. The lowest BCUT2D eigenvalue weighted by atomic mass is 9.86. The highest BCUT2D eigenvalue weighted by atomic mass is 19.1. The van der Waals surface area contributed by atoms with Gasteiger partial charge in [-0.05, 0) is 92.1 Å². The van der Waals surface area contributed by atoms with Crippen LogP contribution in [0.15, 0.2) is 35.5 Å². The first kappa shape index (κ1) is 32.0. The number of amides is 3. The molecule has 1 aromatic carbocycles.